The molecular weight excluding hydrogens is 298 g/mol. The molecule has 0 radical (unpaired) electrons. The van der Waals surface area contributed by atoms with Gasteiger partial charge in [0.05, 0.1) is 12.3 Å². The molecule has 4 heteroatoms. The minimum absolute atomic E-state index is 0.0270. The van der Waals surface area contributed by atoms with Crippen LogP contribution in [0.1, 0.15) is 18.5 Å². The summed E-state index contributed by atoms with van der Waals surface area (Å²) in [7, 11) is 0. The summed E-state index contributed by atoms with van der Waals surface area (Å²) in [6, 6.07) is 8.15. The van der Waals surface area contributed by atoms with Crippen LogP contribution in [0.3, 0.4) is 0 Å². The Balaban J connectivity index is 1.95. The van der Waals surface area contributed by atoms with Crippen LogP contribution in [0.4, 0.5) is 0 Å². The molecule has 3 rings (SSSR count). The van der Waals surface area contributed by atoms with Crippen molar-refractivity contribution in [1.82, 2.24) is 4.98 Å². The Labute approximate surface area is 112 Å². The molecular formula is C13H12BrNOS. The summed E-state index contributed by atoms with van der Waals surface area (Å²) >= 11 is 5.12. The Morgan fingerprint density at radius 1 is 1.41 bits per heavy atom. The molecule has 1 N–H and O–H groups in total. The predicted octanol–water partition coefficient (Wildman–Crippen LogP) is 3.60. The lowest BCUT2D eigenvalue weighted by molar-refractivity contribution is 0.253. The topological polar surface area (TPSA) is 33.1 Å². The van der Waals surface area contributed by atoms with E-state index in [0.29, 0.717) is 0 Å². The third-order valence-electron chi connectivity index (χ3n) is 3.28. The van der Waals surface area contributed by atoms with Crippen molar-refractivity contribution >= 4 is 27.3 Å². The summed E-state index contributed by atoms with van der Waals surface area (Å²) in [5, 5.41) is 12.5. The monoisotopic (exact) mass is 309 g/mol. The van der Waals surface area contributed by atoms with Crippen molar-refractivity contribution in [2.75, 3.05) is 6.61 Å². The van der Waals surface area contributed by atoms with Crippen molar-refractivity contribution in [2.45, 2.75) is 18.3 Å². The zero-order chi connectivity index (χ0) is 11.9. The van der Waals surface area contributed by atoms with Crippen molar-refractivity contribution in [1.29, 1.82) is 0 Å². The summed E-state index contributed by atoms with van der Waals surface area (Å²) in [4.78, 5) is 4.66. The number of benzene rings is 1. The second-order valence-corrected chi connectivity index (χ2v) is 6.26. The molecule has 17 heavy (non-hydrogen) atoms. The first kappa shape index (κ1) is 11.4. The molecule has 0 amide bonds. The molecule has 1 aromatic heterocycles. The van der Waals surface area contributed by atoms with E-state index in [2.05, 4.69) is 38.4 Å². The molecule has 2 aromatic rings. The van der Waals surface area contributed by atoms with Crippen LogP contribution in [0.25, 0.3) is 10.6 Å². The highest BCUT2D eigenvalue weighted by Crippen LogP contribution is 2.48. The summed E-state index contributed by atoms with van der Waals surface area (Å²) in [6.07, 6.45) is 2.12. The van der Waals surface area contributed by atoms with E-state index in [4.69, 9.17) is 0 Å². The standard InChI is InChI=1S/C13H12BrNOS/c14-10-3-1-2-9(6-10)12-15-11(7-17-12)13(8-16)4-5-13/h1-3,6-7,16H,4-5,8H2. The largest absolute Gasteiger partial charge is 0.395 e. The lowest BCUT2D eigenvalue weighted by atomic mass is 10.1. The molecule has 0 atom stereocenters. The molecule has 1 fully saturated rings. The third kappa shape index (κ3) is 2.05. The van der Waals surface area contributed by atoms with Gasteiger partial charge >= 0.3 is 0 Å². The molecule has 1 aromatic carbocycles. The first-order valence-electron chi connectivity index (χ1n) is 5.56. The van der Waals surface area contributed by atoms with E-state index in [9.17, 15) is 5.11 Å². The molecule has 88 valence electrons. The van der Waals surface area contributed by atoms with Crippen molar-refractivity contribution in [2.24, 2.45) is 0 Å². The van der Waals surface area contributed by atoms with Crippen LogP contribution in [-0.4, -0.2) is 16.7 Å². The maximum atomic E-state index is 9.39. The van der Waals surface area contributed by atoms with Crippen molar-refractivity contribution in [3.8, 4) is 10.6 Å². The van der Waals surface area contributed by atoms with Crippen molar-refractivity contribution in [3.63, 3.8) is 0 Å². The average molecular weight is 310 g/mol. The maximum absolute atomic E-state index is 9.39. The molecule has 0 unspecified atom stereocenters. The molecule has 0 bridgehead atoms. The highest BCUT2D eigenvalue weighted by atomic mass is 79.9. The Kier molecular flexibility index (Phi) is 2.81. The normalized spacial score (nSPS) is 17.1. The van der Waals surface area contributed by atoms with Gasteiger partial charge in [-0.1, -0.05) is 28.1 Å². The van der Waals surface area contributed by atoms with E-state index in [1.54, 1.807) is 11.3 Å². The van der Waals surface area contributed by atoms with E-state index < -0.39 is 0 Å². The summed E-state index contributed by atoms with van der Waals surface area (Å²) in [5.41, 5.74) is 2.16. The van der Waals surface area contributed by atoms with Gasteiger partial charge in [-0.05, 0) is 25.0 Å². The average Bonchev–Trinajstić information content (AvgIpc) is 2.99. The number of rotatable bonds is 3. The van der Waals surface area contributed by atoms with Crippen molar-refractivity contribution in [3.05, 3.63) is 39.8 Å². The number of halogens is 1. The number of hydrogen-bond acceptors (Lipinski definition) is 3. The van der Waals surface area contributed by atoms with Crippen molar-refractivity contribution < 1.29 is 5.11 Å². The van der Waals surface area contributed by atoms with Gasteiger partial charge in [0.25, 0.3) is 0 Å². The van der Waals surface area contributed by atoms with Crippen LogP contribution in [-0.2, 0) is 5.41 Å². The van der Waals surface area contributed by atoms with Crippen LogP contribution in [0.5, 0.6) is 0 Å². The first-order valence-corrected chi connectivity index (χ1v) is 7.24. The molecule has 1 aliphatic carbocycles. The Hall–Kier alpha value is -0.710. The highest BCUT2D eigenvalue weighted by molar-refractivity contribution is 9.10. The summed E-state index contributed by atoms with van der Waals surface area (Å²) in [5.74, 6) is 0. The van der Waals surface area contributed by atoms with Gasteiger partial charge in [-0.2, -0.15) is 0 Å². The Bertz CT molecular complexity index is 548. The minimum atomic E-state index is -0.0270. The van der Waals surface area contributed by atoms with Gasteiger partial charge in [0, 0.05) is 20.8 Å². The van der Waals surface area contributed by atoms with E-state index in [-0.39, 0.29) is 12.0 Å². The van der Waals surface area contributed by atoms with E-state index in [1.165, 1.54) is 0 Å². The summed E-state index contributed by atoms with van der Waals surface area (Å²) < 4.78 is 1.06. The van der Waals surface area contributed by atoms with Gasteiger partial charge in [0.1, 0.15) is 5.01 Å². The fraction of sp³-hybridized carbons (Fsp3) is 0.308. The van der Waals surface area contributed by atoms with Crippen LogP contribution in [0.15, 0.2) is 34.1 Å². The number of aromatic nitrogens is 1. The quantitative estimate of drug-likeness (QED) is 0.940. The molecule has 0 spiro atoms. The van der Waals surface area contributed by atoms with Gasteiger partial charge in [-0.3, -0.25) is 0 Å². The molecule has 0 aliphatic heterocycles. The number of aliphatic hydroxyl groups is 1. The zero-order valence-corrected chi connectivity index (χ0v) is 11.6. The SMILES string of the molecule is OCC1(c2csc(-c3cccc(Br)c3)n2)CC1. The number of thiazole rings is 1. The molecule has 1 heterocycles. The highest BCUT2D eigenvalue weighted by Gasteiger charge is 2.45. The fourth-order valence-electron chi connectivity index (χ4n) is 1.92. The number of nitrogens with zero attached hydrogens (tertiary/aromatic N) is 1. The van der Waals surface area contributed by atoms with Crippen LogP contribution >= 0.6 is 27.3 Å². The Morgan fingerprint density at radius 3 is 2.88 bits per heavy atom. The van der Waals surface area contributed by atoms with Crippen LogP contribution in [0, 0.1) is 0 Å². The number of aliphatic hydroxyl groups excluding tert-OH is 1. The number of hydrogen-bond donors (Lipinski definition) is 1. The predicted molar refractivity (Wildman–Crippen MR) is 73.2 cm³/mol. The molecule has 1 saturated carbocycles. The minimum Gasteiger partial charge on any atom is -0.395 e. The Morgan fingerprint density at radius 2 is 2.24 bits per heavy atom. The van der Waals surface area contributed by atoms with E-state index >= 15 is 0 Å². The zero-order valence-electron chi connectivity index (χ0n) is 9.19. The fourth-order valence-corrected chi connectivity index (χ4v) is 3.26. The molecule has 0 saturated heterocycles. The van der Waals surface area contributed by atoms with Gasteiger partial charge in [0.15, 0.2) is 0 Å². The van der Waals surface area contributed by atoms with E-state index in [0.717, 1.165) is 33.6 Å². The lowest BCUT2D eigenvalue weighted by Gasteiger charge is -2.06. The second kappa shape index (κ2) is 4.19. The third-order valence-corrected chi connectivity index (χ3v) is 4.66. The van der Waals surface area contributed by atoms with Gasteiger partial charge in [0.2, 0.25) is 0 Å². The maximum Gasteiger partial charge on any atom is 0.123 e. The second-order valence-electron chi connectivity index (χ2n) is 4.49. The van der Waals surface area contributed by atoms with Crippen LogP contribution < -0.4 is 0 Å². The molecule has 2 nitrogen and oxygen atoms in total. The smallest absolute Gasteiger partial charge is 0.123 e. The molecule has 1 aliphatic rings. The summed E-state index contributed by atoms with van der Waals surface area (Å²) in [6.45, 7) is 0.217. The van der Waals surface area contributed by atoms with E-state index in [1.807, 2.05) is 12.1 Å². The lowest BCUT2D eigenvalue weighted by Crippen LogP contribution is -2.11. The van der Waals surface area contributed by atoms with Gasteiger partial charge in [-0.25, -0.2) is 4.98 Å². The first-order chi connectivity index (χ1) is 8.23. The van der Waals surface area contributed by atoms with Gasteiger partial charge in [-0.15, -0.1) is 11.3 Å². The van der Waals surface area contributed by atoms with Gasteiger partial charge < -0.3 is 5.11 Å². The van der Waals surface area contributed by atoms with Crippen LogP contribution in [0.2, 0.25) is 0 Å².